The molecule has 0 N–H and O–H groups in total. The number of allylic oxidation sites excluding steroid dienone is 1. The Kier molecular flexibility index (Phi) is 11.0. The number of hydrogen-bond acceptors (Lipinski definition) is 4. The van der Waals surface area contributed by atoms with Crippen LogP contribution in [-0.2, 0) is 9.53 Å². The number of carbonyl (C=O) groups excluding carboxylic acids is 2. The molecule has 2 unspecified atom stereocenters. The van der Waals surface area contributed by atoms with Crippen LogP contribution in [0.4, 0.5) is 4.79 Å². The molecule has 0 heterocycles. The number of carbonyl (C=O) groups is 2. The molecule has 2 amide bonds. The predicted molar refractivity (Wildman–Crippen MR) is 112 cm³/mol. The van der Waals surface area contributed by atoms with E-state index in [2.05, 4.69) is 13.5 Å². The van der Waals surface area contributed by atoms with E-state index in [1.54, 1.807) is 20.1 Å². The Morgan fingerprint density at radius 3 is 2.57 bits per heavy atom. The van der Waals surface area contributed by atoms with Crippen LogP contribution < -0.4 is 4.74 Å². The van der Waals surface area contributed by atoms with Crippen LogP contribution in [-0.4, -0.2) is 30.6 Å². The van der Waals surface area contributed by atoms with Gasteiger partial charge in [-0.3, -0.25) is 4.79 Å². The van der Waals surface area contributed by atoms with Gasteiger partial charge < -0.3 is 9.47 Å². The molecule has 0 bridgehead atoms. The number of methoxy groups -OCH3 is 1. The second-order valence-corrected chi connectivity index (χ2v) is 6.93. The van der Waals surface area contributed by atoms with Crippen LogP contribution in [0.15, 0.2) is 36.9 Å². The summed E-state index contributed by atoms with van der Waals surface area (Å²) in [7, 11) is 1.59. The van der Waals surface area contributed by atoms with Crippen LogP contribution in [0.5, 0.6) is 5.75 Å². The zero-order valence-electron chi connectivity index (χ0n) is 17.8. The van der Waals surface area contributed by atoms with Crippen LogP contribution in [0.1, 0.15) is 70.9 Å². The highest BCUT2D eigenvalue weighted by atomic mass is 16.6. The molecule has 0 aromatic heterocycles. The van der Waals surface area contributed by atoms with Gasteiger partial charge in [0, 0.05) is 5.92 Å². The fourth-order valence-corrected chi connectivity index (χ4v) is 3.24. The Hall–Kier alpha value is -2.30. The fraction of sp³-hybridized carbons (Fsp3) is 0.565. The number of hydrogen-bond donors (Lipinski definition) is 0. The van der Waals surface area contributed by atoms with Crippen LogP contribution >= 0.6 is 0 Å². The minimum absolute atomic E-state index is 0.204. The van der Waals surface area contributed by atoms with E-state index >= 15 is 0 Å². The van der Waals surface area contributed by atoms with E-state index in [1.807, 2.05) is 31.2 Å². The maximum absolute atomic E-state index is 13.3. The average molecular weight is 390 g/mol. The molecular formula is C23H35NO4. The van der Waals surface area contributed by atoms with Gasteiger partial charge in [-0.15, -0.1) is 6.58 Å². The number of imide groups is 1. The van der Waals surface area contributed by atoms with E-state index in [0.29, 0.717) is 12.2 Å². The van der Waals surface area contributed by atoms with Crippen molar-refractivity contribution in [3.63, 3.8) is 0 Å². The number of nitrogens with zero attached hydrogens (tertiary/aromatic N) is 1. The molecule has 0 aliphatic rings. The van der Waals surface area contributed by atoms with E-state index in [0.717, 1.165) is 37.7 Å². The van der Waals surface area contributed by atoms with Crippen molar-refractivity contribution in [2.45, 2.75) is 65.3 Å². The zero-order valence-corrected chi connectivity index (χ0v) is 17.8. The minimum atomic E-state index is -0.606. The molecule has 0 saturated carbocycles. The van der Waals surface area contributed by atoms with Crippen molar-refractivity contribution in [3.05, 3.63) is 42.5 Å². The first-order chi connectivity index (χ1) is 13.5. The lowest BCUT2D eigenvalue weighted by atomic mass is 9.94. The van der Waals surface area contributed by atoms with Crippen LogP contribution in [0.3, 0.4) is 0 Å². The quantitative estimate of drug-likeness (QED) is 0.330. The molecule has 1 aromatic carbocycles. The molecule has 5 nitrogen and oxygen atoms in total. The van der Waals surface area contributed by atoms with Crippen molar-refractivity contribution in [1.29, 1.82) is 0 Å². The summed E-state index contributed by atoms with van der Waals surface area (Å²) in [4.78, 5) is 27.2. The summed E-state index contributed by atoms with van der Waals surface area (Å²) in [5.74, 6) is 0.208. The first-order valence-corrected chi connectivity index (χ1v) is 10.2. The molecule has 1 aromatic rings. The number of rotatable bonds is 12. The molecular weight excluding hydrogens is 354 g/mol. The molecule has 0 saturated heterocycles. The third kappa shape index (κ3) is 7.02. The lowest BCUT2D eigenvalue weighted by Gasteiger charge is -2.30. The van der Waals surface area contributed by atoms with Gasteiger partial charge in [0.2, 0.25) is 5.91 Å². The first-order valence-electron chi connectivity index (χ1n) is 10.2. The number of benzene rings is 1. The van der Waals surface area contributed by atoms with Gasteiger partial charge in [-0.1, -0.05) is 50.8 Å². The van der Waals surface area contributed by atoms with Gasteiger partial charge in [0.1, 0.15) is 5.75 Å². The largest absolute Gasteiger partial charge is 0.497 e. The van der Waals surface area contributed by atoms with Crippen molar-refractivity contribution in [1.82, 2.24) is 4.90 Å². The van der Waals surface area contributed by atoms with Crippen molar-refractivity contribution >= 4 is 12.0 Å². The lowest BCUT2D eigenvalue weighted by Crippen LogP contribution is -2.42. The summed E-state index contributed by atoms with van der Waals surface area (Å²) >= 11 is 0. The van der Waals surface area contributed by atoms with Gasteiger partial charge in [-0.05, 0) is 44.4 Å². The van der Waals surface area contributed by atoms with Crippen molar-refractivity contribution < 1.29 is 19.1 Å². The summed E-state index contributed by atoms with van der Waals surface area (Å²) < 4.78 is 10.5. The molecule has 0 fully saturated rings. The smallest absolute Gasteiger partial charge is 0.417 e. The molecule has 2 atom stereocenters. The second kappa shape index (κ2) is 13.0. The van der Waals surface area contributed by atoms with E-state index < -0.39 is 12.1 Å². The van der Waals surface area contributed by atoms with Gasteiger partial charge in [0.25, 0.3) is 0 Å². The van der Waals surface area contributed by atoms with E-state index in [9.17, 15) is 9.59 Å². The Balaban J connectivity index is 3.09. The lowest BCUT2D eigenvalue weighted by molar-refractivity contribution is -0.135. The standard InChI is InChI=1S/C23H35NO4/c1-6-9-10-11-14-19(13-7-2)22(25)24(23(26)28-8-3)18(4)20-15-12-16-21(17-20)27-5/h7,12,15-19H,2,6,8-11,13-14H2,1,3-5H3. The predicted octanol–water partition coefficient (Wildman–Crippen LogP) is 5.90. The highest BCUT2D eigenvalue weighted by molar-refractivity contribution is 5.94. The Labute approximate surface area is 169 Å². The van der Waals surface area contributed by atoms with Crippen molar-refractivity contribution in [3.8, 4) is 5.75 Å². The SMILES string of the molecule is C=CCC(CCCCCC)C(=O)N(C(=O)OCC)C(C)c1cccc(OC)c1. The van der Waals surface area contributed by atoms with Gasteiger partial charge in [0.15, 0.2) is 0 Å². The maximum atomic E-state index is 13.3. The third-order valence-electron chi connectivity index (χ3n) is 4.87. The third-order valence-corrected chi connectivity index (χ3v) is 4.87. The average Bonchev–Trinajstić information content (AvgIpc) is 2.70. The van der Waals surface area contributed by atoms with E-state index in [1.165, 1.54) is 4.90 Å². The highest BCUT2D eigenvalue weighted by Gasteiger charge is 2.33. The minimum Gasteiger partial charge on any atom is -0.497 e. The summed E-state index contributed by atoms with van der Waals surface area (Å²) in [5, 5.41) is 0. The molecule has 0 radical (unpaired) electrons. The van der Waals surface area contributed by atoms with Gasteiger partial charge in [0.05, 0.1) is 19.8 Å². The van der Waals surface area contributed by atoms with Gasteiger partial charge in [-0.2, -0.15) is 0 Å². The van der Waals surface area contributed by atoms with E-state index in [-0.39, 0.29) is 18.4 Å². The Morgan fingerprint density at radius 1 is 1.21 bits per heavy atom. The molecule has 1 rings (SSSR count). The monoisotopic (exact) mass is 389 g/mol. The molecule has 28 heavy (non-hydrogen) atoms. The normalized spacial score (nSPS) is 12.7. The fourth-order valence-electron chi connectivity index (χ4n) is 3.24. The topological polar surface area (TPSA) is 55.8 Å². The second-order valence-electron chi connectivity index (χ2n) is 6.93. The van der Waals surface area contributed by atoms with Gasteiger partial charge in [-0.25, -0.2) is 9.69 Å². The number of ether oxygens (including phenoxy) is 2. The summed E-state index contributed by atoms with van der Waals surface area (Å²) in [6.07, 6.45) is 6.77. The maximum Gasteiger partial charge on any atom is 0.417 e. The van der Waals surface area contributed by atoms with Crippen molar-refractivity contribution in [2.75, 3.05) is 13.7 Å². The first kappa shape index (κ1) is 23.7. The summed E-state index contributed by atoms with van der Waals surface area (Å²) in [5.41, 5.74) is 0.823. The number of unbranched alkanes of at least 4 members (excludes halogenated alkanes) is 3. The van der Waals surface area contributed by atoms with E-state index in [4.69, 9.17) is 9.47 Å². The molecule has 0 aliphatic heterocycles. The molecule has 0 spiro atoms. The number of amides is 2. The Bertz CT molecular complexity index is 629. The molecule has 0 aliphatic carbocycles. The van der Waals surface area contributed by atoms with Crippen LogP contribution in [0, 0.1) is 5.92 Å². The van der Waals surface area contributed by atoms with Crippen molar-refractivity contribution in [2.24, 2.45) is 5.92 Å². The summed E-state index contributed by atoms with van der Waals surface area (Å²) in [6, 6.07) is 6.96. The highest BCUT2D eigenvalue weighted by Crippen LogP contribution is 2.28. The van der Waals surface area contributed by atoms with Gasteiger partial charge >= 0.3 is 6.09 Å². The zero-order chi connectivity index (χ0) is 20.9. The molecule has 5 heteroatoms. The van der Waals surface area contributed by atoms with Crippen LogP contribution in [0.2, 0.25) is 0 Å². The molecule has 156 valence electrons. The Morgan fingerprint density at radius 2 is 1.96 bits per heavy atom. The summed E-state index contributed by atoms with van der Waals surface area (Å²) in [6.45, 7) is 9.74. The van der Waals surface area contributed by atoms with Crippen LogP contribution in [0.25, 0.3) is 0 Å².